The molecule has 7 heteroatoms. The Kier molecular flexibility index (Phi) is 4.42. The molecule has 2 aromatic rings. The number of carboxylic acids is 1. The van der Waals surface area contributed by atoms with E-state index in [-0.39, 0.29) is 18.0 Å². The van der Waals surface area contributed by atoms with Crippen LogP contribution < -0.4 is 10.2 Å². The number of anilines is 1. The summed E-state index contributed by atoms with van der Waals surface area (Å²) in [5.41, 5.74) is 1.08. The molecule has 0 unspecified atom stereocenters. The van der Waals surface area contributed by atoms with Gasteiger partial charge in [-0.15, -0.1) is 0 Å². The van der Waals surface area contributed by atoms with Gasteiger partial charge in [0.05, 0.1) is 5.56 Å². The molecule has 0 atom stereocenters. The summed E-state index contributed by atoms with van der Waals surface area (Å²) in [5, 5.41) is 11.7. The van der Waals surface area contributed by atoms with Gasteiger partial charge >= 0.3 is 5.97 Å². The number of nitrogens with zero attached hydrogens (tertiary/aromatic N) is 2. The summed E-state index contributed by atoms with van der Waals surface area (Å²) in [6.07, 6.45) is 0. The number of aromatic carboxylic acids is 1. The van der Waals surface area contributed by atoms with Gasteiger partial charge in [-0.25, -0.2) is 4.79 Å². The molecule has 1 aromatic heterocycles. The Morgan fingerprint density at radius 1 is 1.38 bits per heavy atom. The standard InChI is InChI=1S/C14H17N3O4/c1-3-15-12(18)8-17(4-2)14-16-10-6-5-9(13(19)20)7-11(10)21-14/h5-7H,3-4,8H2,1-2H3,(H,15,18)(H,19,20). The van der Waals surface area contributed by atoms with Crippen LogP contribution in [0.25, 0.3) is 11.1 Å². The predicted molar refractivity (Wildman–Crippen MR) is 77.5 cm³/mol. The predicted octanol–water partition coefficient (Wildman–Crippen LogP) is 1.49. The Morgan fingerprint density at radius 3 is 2.76 bits per heavy atom. The van der Waals surface area contributed by atoms with Crippen molar-refractivity contribution in [1.82, 2.24) is 10.3 Å². The molecule has 0 radical (unpaired) electrons. The van der Waals surface area contributed by atoms with Crippen molar-refractivity contribution in [1.29, 1.82) is 0 Å². The zero-order valence-corrected chi connectivity index (χ0v) is 11.9. The van der Waals surface area contributed by atoms with E-state index in [1.54, 1.807) is 11.0 Å². The van der Waals surface area contributed by atoms with Crippen molar-refractivity contribution in [3.8, 4) is 0 Å². The minimum Gasteiger partial charge on any atom is -0.478 e. The summed E-state index contributed by atoms with van der Waals surface area (Å²) in [6.45, 7) is 4.99. The molecule has 0 aliphatic heterocycles. The number of carbonyl (C=O) groups excluding carboxylic acids is 1. The van der Waals surface area contributed by atoms with Gasteiger partial charge in [0.15, 0.2) is 5.58 Å². The van der Waals surface area contributed by atoms with Crippen LogP contribution in [0, 0.1) is 0 Å². The second-order valence-corrected chi connectivity index (χ2v) is 4.45. The van der Waals surface area contributed by atoms with Crippen molar-refractivity contribution in [2.75, 3.05) is 24.5 Å². The van der Waals surface area contributed by atoms with Gasteiger partial charge < -0.3 is 19.7 Å². The fourth-order valence-electron chi connectivity index (χ4n) is 1.92. The van der Waals surface area contributed by atoms with Crippen LogP contribution in [0.3, 0.4) is 0 Å². The number of aromatic nitrogens is 1. The number of benzene rings is 1. The van der Waals surface area contributed by atoms with Crippen LogP contribution in [0.15, 0.2) is 22.6 Å². The van der Waals surface area contributed by atoms with Crippen molar-refractivity contribution in [3.05, 3.63) is 23.8 Å². The van der Waals surface area contributed by atoms with Crippen LogP contribution in [0.5, 0.6) is 0 Å². The highest BCUT2D eigenvalue weighted by Crippen LogP contribution is 2.22. The Hall–Kier alpha value is -2.57. The average Bonchev–Trinajstić information content (AvgIpc) is 2.87. The molecule has 0 saturated heterocycles. The maximum atomic E-state index is 11.6. The number of fused-ring (bicyclic) bond motifs is 1. The summed E-state index contributed by atoms with van der Waals surface area (Å²) in [6, 6.07) is 4.79. The lowest BCUT2D eigenvalue weighted by Crippen LogP contribution is -2.37. The summed E-state index contributed by atoms with van der Waals surface area (Å²) in [4.78, 5) is 28.5. The van der Waals surface area contributed by atoms with E-state index in [9.17, 15) is 9.59 Å². The molecule has 0 saturated carbocycles. The number of amides is 1. The third kappa shape index (κ3) is 3.31. The summed E-state index contributed by atoms with van der Waals surface area (Å²) in [7, 11) is 0. The number of hydrogen-bond acceptors (Lipinski definition) is 5. The fraction of sp³-hybridized carbons (Fsp3) is 0.357. The monoisotopic (exact) mass is 291 g/mol. The molecule has 0 aliphatic rings. The quantitative estimate of drug-likeness (QED) is 0.837. The van der Waals surface area contributed by atoms with E-state index in [4.69, 9.17) is 9.52 Å². The number of likely N-dealkylation sites (N-methyl/N-ethyl adjacent to an activating group) is 2. The Balaban J connectivity index is 2.27. The highest BCUT2D eigenvalue weighted by atomic mass is 16.4. The van der Waals surface area contributed by atoms with Crippen LogP contribution in [0.2, 0.25) is 0 Å². The third-order valence-electron chi connectivity index (χ3n) is 2.98. The van der Waals surface area contributed by atoms with E-state index in [2.05, 4.69) is 10.3 Å². The number of rotatable bonds is 6. The van der Waals surface area contributed by atoms with Crippen LogP contribution in [0.4, 0.5) is 6.01 Å². The molecule has 2 rings (SSSR count). The molecule has 1 aromatic carbocycles. The van der Waals surface area contributed by atoms with Crippen LogP contribution in [-0.4, -0.2) is 41.6 Å². The minimum absolute atomic E-state index is 0.118. The first-order valence-corrected chi connectivity index (χ1v) is 6.70. The largest absolute Gasteiger partial charge is 0.478 e. The molecule has 2 N–H and O–H groups in total. The van der Waals surface area contributed by atoms with Crippen LogP contribution in [0.1, 0.15) is 24.2 Å². The Bertz CT molecular complexity index is 665. The smallest absolute Gasteiger partial charge is 0.335 e. The first kappa shape index (κ1) is 14.8. The van der Waals surface area contributed by atoms with Crippen LogP contribution in [-0.2, 0) is 4.79 Å². The molecular weight excluding hydrogens is 274 g/mol. The van der Waals surface area contributed by atoms with Crippen molar-refractivity contribution >= 4 is 29.0 Å². The molecular formula is C14H17N3O4. The molecule has 21 heavy (non-hydrogen) atoms. The van der Waals surface area contributed by atoms with Gasteiger partial charge in [0, 0.05) is 13.1 Å². The lowest BCUT2D eigenvalue weighted by atomic mass is 10.2. The lowest BCUT2D eigenvalue weighted by molar-refractivity contribution is -0.119. The highest BCUT2D eigenvalue weighted by molar-refractivity contribution is 5.92. The van der Waals surface area contributed by atoms with Gasteiger partial charge in [0.1, 0.15) is 12.1 Å². The fourth-order valence-corrected chi connectivity index (χ4v) is 1.92. The Morgan fingerprint density at radius 2 is 2.14 bits per heavy atom. The first-order chi connectivity index (χ1) is 10.0. The SMILES string of the molecule is CCNC(=O)CN(CC)c1nc2ccc(C(=O)O)cc2o1. The molecule has 0 spiro atoms. The van der Waals surface area contributed by atoms with Gasteiger partial charge in [0.25, 0.3) is 6.01 Å². The number of carboxylic acid groups (broad SMARTS) is 1. The molecule has 0 fully saturated rings. The van der Waals surface area contributed by atoms with Gasteiger partial charge in [-0.2, -0.15) is 4.98 Å². The summed E-state index contributed by atoms with van der Waals surface area (Å²) >= 11 is 0. The molecule has 7 nitrogen and oxygen atoms in total. The number of oxazole rings is 1. The van der Waals surface area contributed by atoms with E-state index >= 15 is 0 Å². The Labute approximate surface area is 121 Å². The highest BCUT2D eigenvalue weighted by Gasteiger charge is 2.16. The molecule has 0 bridgehead atoms. The maximum Gasteiger partial charge on any atom is 0.335 e. The second kappa shape index (κ2) is 6.25. The van der Waals surface area contributed by atoms with E-state index < -0.39 is 5.97 Å². The molecule has 1 amide bonds. The zero-order chi connectivity index (χ0) is 15.4. The third-order valence-corrected chi connectivity index (χ3v) is 2.98. The normalized spacial score (nSPS) is 10.6. The first-order valence-electron chi connectivity index (χ1n) is 6.70. The van der Waals surface area contributed by atoms with Gasteiger partial charge in [-0.1, -0.05) is 0 Å². The van der Waals surface area contributed by atoms with Crippen LogP contribution >= 0.6 is 0 Å². The van der Waals surface area contributed by atoms with Crippen molar-refractivity contribution in [3.63, 3.8) is 0 Å². The topological polar surface area (TPSA) is 95.7 Å². The number of carbonyl (C=O) groups is 2. The average molecular weight is 291 g/mol. The van der Waals surface area contributed by atoms with E-state index in [1.807, 2.05) is 13.8 Å². The molecule has 112 valence electrons. The van der Waals surface area contributed by atoms with Gasteiger partial charge in [-0.05, 0) is 32.0 Å². The molecule has 0 aliphatic carbocycles. The lowest BCUT2D eigenvalue weighted by Gasteiger charge is -2.17. The molecule has 1 heterocycles. The summed E-state index contributed by atoms with van der Waals surface area (Å²) in [5.74, 6) is -1.14. The van der Waals surface area contributed by atoms with E-state index in [0.29, 0.717) is 30.2 Å². The van der Waals surface area contributed by atoms with E-state index in [0.717, 1.165) is 0 Å². The maximum absolute atomic E-state index is 11.6. The number of hydrogen-bond donors (Lipinski definition) is 2. The van der Waals surface area contributed by atoms with Gasteiger partial charge in [-0.3, -0.25) is 4.79 Å². The van der Waals surface area contributed by atoms with Crippen molar-refractivity contribution in [2.24, 2.45) is 0 Å². The second-order valence-electron chi connectivity index (χ2n) is 4.45. The van der Waals surface area contributed by atoms with Crippen molar-refractivity contribution < 1.29 is 19.1 Å². The van der Waals surface area contributed by atoms with Gasteiger partial charge in [0.2, 0.25) is 5.91 Å². The summed E-state index contributed by atoms with van der Waals surface area (Å²) < 4.78 is 5.56. The zero-order valence-electron chi connectivity index (χ0n) is 11.9. The van der Waals surface area contributed by atoms with Crippen molar-refractivity contribution in [2.45, 2.75) is 13.8 Å². The minimum atomic E-state index is -1.02. The van der Waals surface area contributed by atoms with E-state index in [1.165, 1.54) is 12.1 Å². The number of nitrogens with one attached hydrogen (secondary N) is 1.